The molecule has 3 heterocycles. The highest BCUT2D eigenvalue weighted by Crippen LogP contribution is 2.27. The van der Waals surface area contributed by atoms with Crippen LogP contribution in [0.25, 0.3) is 22.1 Å². The maximum atomic E-state index is 12.6. The van der Waals surface area contributed by atoms with E-state index in [0.717, 1.165) is 37.3 Å². The number of aliphatic imine (C=N–C) groups is 1. The van der Waals surface area contributed by atoms with E-state index in [2.05, 4.69) is 30.9 Å². The molecule has 0 spiro atoms. The van der Waals surface area contributed by atoms with E-state index in [-0.39, 0.29) is 25.1 Å². The number of rotatable bonds is 10. The van der Waals surface area contributed by atoms with E-state index in [1.54, 1.807) is 30.3 Å². The number of amides is 1. The number of fused-ring (bicyclic) bond motifs is 2. The van der Waals surface area contributed by atoms with Crippen LogP contribution in [0.15, 0.2) is 45.8 Å². The molecule has 1 aliphatic rings. The van der Waals surface area contributed by atoms with Crippen molar-refractivity contribution in [1.29, 1.82) is 0 Å². The Balaban J connectivity index is 1.26. The normalized spacial score (nSPS) is 13.1. The molecule has 2 aromatic carbocycles. The zero-order chi connectivity index (χ0) is 24.2. The Labute approximate surface area is 201 Å². The Kier molecular flexibility index (Phi) is 6.49. The predicted octanol–water partition coefficient (Wildman–Crippen LogP) is 2.34. The number of aromatic nitrogens is 3. The fourth-order valence-corrected chi connectivity index (χ4v) is 3.93. The lowest BCUT2D eigenvalue weighted by atomic mass is 10.2. The summed E-state index contributed by atoms with van der Waals surface area (Å²) in [5.41, 5.74) is 3.32. The lowest BCUT2D eigenvalue weighted by molar-refractivity contribution is 0.0953. The molecular formula is C24H27N7O4. The van der Waals surface area contributed by atoms with Gasteiger partial charge >= 0.3 is 6.01 Å². The quantitative estimate of drug-likeness (QED) is 0.255. The number of aryl methyl sites for hydroxylation is 1. The highest BCUT2D eigenvalue weighted by Gasteiger charge is 2.15. The average molecular weight is 478 g/mol. The molecule has 0 bridgehead atoms. The van der Waals surface area contributed by atoms with Crippen molar-refractivity contribution in [2.75, 3.05) is 38.2 Å². The molecule has 4 aromatic rings. The third-order valence-corrected chi connectivity index (χ3v) is 5.70. The fourth-order valence-electron chi connectivity index (χ4n) is 3.93. The minimum absolute atomic E-state index is 0.0643. The number of hydrogen-bond donors (Lipinski definition) is 4. The van der Waals surface area contributed by atoms with Gasteiger partial charge in [0.25, 0.3) is 5.91 Å². The van der Waals surface area contributed by atoms with Crippen LogP contribution in [-0.2, 0) is 7.05 Å². The molecule has 35 heavy (non-hydrogen) atoms. The Hall–Kier alpha value is -4.12. The van der Waals surface area contributed by atoms with Gasteiger partial charge < -0.3 is 29.5 Å². The van der Waals surface area contributed by atoms with Gasteiger partial charge in [-0.25, -0.2) is 4.98 Å². The first-order valence-corrected chi connectivity index (χ1v) is 11.5. The van der Waals surface area contributed by atoms with Crippen molar-refractivity contribution in [2.24, 2.45) is 12.0 Å². The molecule has 1 amide bonds. The van der Waals surface area contributed by atoms with Crippen LogP contribution >= 0.6 is 0 Å². The number of oxazole rings is 1. The SMILES string of the molecule is Cn1c(Nc2nc3ccc(OCCO)cc3o2)nc2cc(C(=O)NCCCC3=NCCN3)ccc21. The number of imidazole rings is 1. The topological polar surface area (TPSA) is 139 Å². The van der Waals surface area contributed by atoms with Gasteiger partial charge in [-0.3, -0.25) is 15.1 Å². The molecule has 0 fully saturated rings. The number of benzene rings is 2. The monoisotopic (exact) mass is 477 g/mol. The highest BCUT2D eigenvalue weighted by molar-refractivity contribution is 5.97. The van der Waals surface area contributed by atoms with Crippen LogP contribution in [0.3, 0.4) is 0 Å². The maximum absolute atomic E-state index is 12.6. The summed E-state index contributed by atoms with van der Waals surface area (Å²) in [4.78, 5) is 26.0. The molecule has 182 valence electrons. The van der Waals surface area contributed by atoms with Crippen molar-refractivity contribution < 1.29 is 19.1 Å². The summed E-state index contributed by atoms with van der Waals surface area (Å²) in [6.45, 7) is 2.45. The van der Waals surface area contributed by atoms with Crippen molar-refractivity contribution in [3.05, 3.63) is 42.0 Å². The average Bonchev–Trinajstić information content (AvgIpc) is 3.59. The summed E-state index contributed by atoms with van der Waals surface area (Å²) >= 11 is 0. The fraction of sp³-hybridized carbons (Fsp3) is 0.333. The van der Waals surface area contributed by atoms with Crippen LogP contribution < -0.4 is 20.7 Å². The van der Waals surface area contributed by atoms with Crippen LogP contribution in [0.4, 0.5) is 12.0 Å². The highest BCUT2D eigenvalue weighted by atomic mass is 16.5. The molecule has 2 aromatic heterocycles. The predicted molar refractivity (Wildman–Crippen MR) is 132 cm³/mol. The van der Waals surface area contributed by atoms with Gasteiger partial charge in [0.2, 0.25) is 5.95 Å². The van der Waals surface area contributed by atoms with Gasteiger partial charge in [0.1, 0.15) is 17.9 Å². The third-order valence-electron chi connectivity index (χ3n) is 5.70. The van der Waals surface area contributed by atoms with E-state index in [1.807, 2.05) is 17.7 Å². The molecule has 0 unspecified atom stereocenters. The molecular weight excluding hydrogens is 450 g/mol. The van der Waals surface area contributed by atoms with Gasteiger partial charge in [0, 0.05) is 38.2 Å². The molecule has 0 aliphatic carbocycles. The number of nitrogens with zero attached hydrogens (tertiary/aromatic N) is 4. The number of ether oxygens (including phenoxy) is 1. The van der Waals surface area contributed by atoms with Crippen molar-refractivity contribution in [2.45, 2.75) is 12.8 Å². The van der Waals surface area contributed by atoms with E-state index >= 15 is 0 Å². The molecule has 0 saturated carbocycles. The van der Waals surface area contributed by atoms with Gasteiger partial charge in [-0.15, -0.1) is 0 Å². The summed E-state index contributed by atoms with van der Waals surface area (Å²) < 4.78 is 13.1. The Morgan fingerprint density at radius 3 is 2.97 bits per heavy atom. The number of amidine groups is 1. The van der Waals surface area contributed by atoms with Gasteiger partial charge in [-0.05, 0) is 36.8 Å². The van der Waals surface area contributed by atoms with E-state index in [1.165, 1.54) is 0 Å². The lowest BCUT2D eigenvalue weighted by Crippen LogP contribution is -2.26. The first-order valence-electron chi connectivity index (χ1n) is 11.5. The van der Waals surface area contributed by atoms with E-state index in [0.29, 0.717) is 40.4 Å². The second kappa shape index (κ2) is 10.0. The number of carbonyl (C=O) groups excluding carboxylic acids is 1. The van der Waals surface area contributed by atoms with Gasteiger partial charge in [0.15, 0.2) is 5.58 Å². The Bertz CT molecular complexity index is 1390. The van der Waals surface area contributed by atoms with E-state index in [9.17, 15) is 4.79 Å². The number of anilines is 2. The molecule has 0 saturated heterocycles. The lowest BCUT2D eigenvalue weighted by Gasteiger charge is -2.06. The molecule has 4 N–H and O–H groups in total. The summed E-state index contributed by atoms with van der Waals surface area (Å²) in [5.74, 6) is 2.01. The van der Waals surface area contributed by atoms with Gasteiger partial charge in [-0.1, -0.05) is 0 Å². The number of nitrogens with one attached hydrogen (secondary N) is 3. The first-order chi connectivity index (χ1) is 17.1. The third kappa shape index (κ3) is 5.04. The Morgan fingerprint density at radius 2 is 2.14 bits per heavy atom. The smallest absolute Gasteiger partial charge is 0.302 e. The van der Waals surface area contributed by atoms with Crippen molar-refractivity contribution in [1.82, 2.24) is 25.2 Å². The van der Waals surface area contributed by atoms with Gasteiger partial charge in [0.05, 0.1) is 30.0 Å². The van der Waals surface area contributed by atoms with Crippen LogP contribution in [0.1, 0.15) is 23.2 Å². The van der Waals surface area contributed by atoms with Gasteiger partial charge in [-0.2, -0.15) is 4.98 Å². The van der Waals surface area contributed by atoms with Crippen LogP contribution in [0.5, 0.6) is 5.75 Å². The summed E-state index contributed by atoms with van der Waals surface area (Å²) in [7, 11) is 1.88. The second-order valence-electron chi connectivity index (χ2n) is 8.16. The zero-order valence-electron chi connectivity index (χ0n) is 19.4. The first kappa shape index (κ1) is 22.7. The van der Waals surface area contributed by atoms with E-state index in [4.69, 9.17) is 14.3 Å². The molecule has 11 heteroatoms. The van der Waals surface area contributed by atoms with Crippen molar-refractivity contribution in [3.8, 4) is 5.75 Å². The van der Waals surface area contributed by atoms with Crippen LogP contribution in [0.2, 0.25) is 0 Å². The zero-order valence-corrected chi connectivity index (χ0v) is 19.4. The number of aliphatic hydroxyl groups excluding tert-OH is 1. The summed E-state index contributed by atoms with van der Waals surface area (Å²) in [6, 6.07) is 11.0. The minimum Gasteiger partial charge on any atom is -0.491 e. The largest absolute Gasteiger partial charge is 0.491 e. The standard InChI is InChI=1S/C24H27N7O4/c1-31-19-7-4-15(22(33)27-8-2-3-21-25-9-10-26-21)13-18(19)28-23(31)30-24-29-17-6-5-16(34-12-11-32)14-20(17)35-24/h4-7,13-14,32H,2-3,8-12H2,1H3,(H,25,26)(H,27,33)(H,28,29,30). The molecule has 5 rings (SSSR count). The molecule has 0 atom stereocenters. The molecule has 1 aliphatic heterocycles. The van der Waals surface area contributed by atoms with Crippen LogP contribution in [0, 0.1) is 0 Å². The maximum Gasteiger partial charge on any atom is 0.302 e. The second-order valence-corrected chi connectivity index (χ2v) is 8.16. The summed E-state index contributed by atoms with van der Waals surface area (Å²) in [5, 5.41) is 18.2. The molecule has 0 radical (unpaired) electrons. The number of carbonyl (C=O) groups is 1. The number of aliphatic hydroxyl groups is 1. The van der Waals surface area contributed by atoms with Crippen molar-refractivity contribution >= 4 is 45.8 Å². The minimum atomic E-state index is -0.133. The number of hydrogen-bond acceptors (Lipinski definition) is 9. The summed E-state index contributed by atoms with van der Waals surface area (Å²) in [6.07, 6.45) is 1.67. The van der Waals surface area contributed by atoms with Crippen LogP contribution in [-0.4, -0.2) is 64.2 Å². The van der Waals surface area contributed by atoms with Crippen molar-refractivity contribution in [3.63, 3.8) is 0 Å². The Morgan fingerprint density at radius 1 is 1.23 bits per heavy atom. The molecule has 11 nitrogen and oxygen atoms in total. The van der Waals surface area contributed by atoms with E-state index < -0.39 is 0 Å².